The van der Waals surface area contributed by atoms with Gasteiger partial charge in [-0.2, -0.15) is 10.2 Å². The molecule has 8 heteroatoms. The van der Waals surface area contributed by atoms with Crippen molar-refractivity contribution >= 4 is 44.4 Å². The van der Waals surface area contributed by atoms with E-state index in [1.54, 1.807) is 6.20 Å². The van der Waals surface area contributed by atoms with E-state index in [0.717, 1.165) is 26.0 Å². The molecule has 1 N–H and O–H groups in total. The Balaban J connectivity index is 1.83. The molecule has 0 saturated heterocycles. The molecule has 0 aromatic carbocycles. The number of rotatable bonds is 6. The van der Waals surface area contributed by atoms with Crippen molar-refractivity contribution in [3.05, 3.63) is 31.8 Å². The van der Waals surface area contributed by atoms with E-state index in [0.29, 0.717) is 19.5 Å². The number of nitrogens with zero attached hydrogens (tertiary/aromatic N) is 4. The Bertz CT molecular complexity index is 617. The number of halogens is 2. The Morgan fingerprint density at radius 3 is 2.90 bits per heavy atom. The number of aromatic nitrogens is 4. The normalized spacial score (nSPS) is 10.9. The van der Waals surface area contributed by atoms with Gasteiger partial charge < -0.3 is 5.32 Å². The number of nitrogens with one attached hydrogen (secondary N) is 1. The van der Waals surface area contributed by atoms with Gasteiger partial charge >= 0.3 is 0 Å². The highest BCUT2D eigenvalue weighted by molar-refractivity contribution is 14.1. The maximum absolute atomic E-state index is 11.9. The smallest absolute Gasteiger partial charge is 0.222 e. The van der Waals surface area contributed by atoms with Crippen LogP contribution in [-0.4, -0.2) is 25.5 Å². The predicted octanol–water partition coefficient (Wildman–Crippen LogP) is 2.48. The van der Waals surface area contributed by atoms with Gasteiger partial charge in [0, 0.05) is 25.7 Å². The number of hydrogen-bond donors (Lipinski definition) is 1. The molecule has 0 fully saturated rings. The van der Waals surface area contributed by atoms with Crippen LogP contribution in [0, 0.1) is 10.5 Å². The van der Waals surface area contributed by atoms with Crippen LogP contribution in [0.3, 0.4) is 0 Å². The highest BCUT2D eigenvalue weighted by atomic mass is 127. The molecule has 0 aliphatic heterocycles. The van der Waals surface area contributed by atoms with Crippen LogP contribution < -0.4 is 5.32 Å². The highest BCUT2D eigenvalue weighted by Gasteiger charge is 2.10. The van der Waals surface area contributed by atoms with Gasteiger partial charge in [-0.15, -0.1) is 0 Å². The summed E-state index contributed by atoms with van der Waals surface area (Å²) in [5.74, 6) is 0.00825. The zero-order chi connectivity index (χ0) is 15.4. The Kier molecular flexibility index (Phi) is 5.80. The first-order chi connectivity index (χ1) is 10.0. The minimum Gasteiger partial charge on any atom is -0.350 e. The predicted molar refractivity (Wildman–Crippen MR) is 91.7 cm³/mol. The minimum absolute atomic E-state index is 0.00825. The number of hydrogen-bond acceptors (Lipinski definition) is 3. The molecule has 114 valence electrons. The lowest BCUT2D eigenvalue weighted by molar-refractivity contribution is -0.121. The van der Waals surface area contributed by atoms with Crippen LogP contribution in [0.4, 0.5) is 0 Å². The van der Waals surface area contributed by atoms with Gasteiger partial charge in [0.15, 0.2) is 0 Å². The molecule has 0 spiro atoms. The standard InChI is InChI=1S/C13H17BrIN5O/c1-3-20-12(10(14)6-17-20)7-16-13(21)4-5-19-8-11(15)9(2)18-19/h6,8H,3-5,7H2,1-2H3,(H,16,21). The van der Waals surface area contributed by atoms with Gasteiger partial charge in [0.2, 0.25) is 5.91 Å². The fourth-order valence-corrected chi connectivity index (χ4v) is 2.80. The molecule has 21 heavy (non-hydrogen) atoms. The van der Waals surface area contributed by atoms with Gasteiger partial charge in [0.1, 0.15) is 0 Å². The fourth-order valence-electron chi connectivity index (χ4n) is 1.93. The molecule has 6 nitrogen and oxygen atoms in total. The lowest BCUT2D eigenvalue weighted by Gasteiger charge is -2.08. The molecule has 0 radical (unpaired) electrons. The molecule has 2 rings (SSSR count). The molecular formula is C13H17BrIN5O. The summed E-state index contributed by atoms with van der Waals surface area (Å²) in [5.41, 5.74) is 1.97. The third-order valence-electron chi connectivity index (χ3n) is 3.10. The fraction of sp³-hybridized carbons (Fsp3) is 0.462. The molecule has 0 aliphatic carbocycles. The third-order valence-corrected chi connectivity index (χ3v) is 4.83. The van der Waals surface area contributed by atoms with E-state index in [9.17, 15) is 4.79 Å². The zero-order valence-electron chi connectivity index (χ0n) is 11.9. The van der Waals surface area contributed by atoms with Crippen molar-refractivity contribution in [3.8, 4) is 0 Å². The third kappa shape index (κ3) is 4.29. The Morgan fingerprint density at radius 1 is 1.52 bits per heavy atom. The van der Waals surface area contributed by atoms with Crippen molar-refractivity contribution in [2.24, 2.45) is 0 Å². The van der Waals surface area contributed by atoms with Gasteiger partial charge in [-0.1, -0.05) is 0 Å². The van der Waals surface area contributed by atoms with Crippen molar-refractivity contribution < 1.29 is 4.79 Å². The average molecular weight is 466 g/mol. The maximum Gasteiger partial charge on any atom is 0.222 e. The molecule has 0 unspecified atom stereocenters. The van der Waals surface area contributed by atoms with Crippen LogP contribution in [0.1, 0.15) is 24.7 Å². The Labute approximate surface area is 145 Å². The quantitative estimate of drug-likeness (QED) is 0.666. The molecule has 1 amide bonds. The van der Waals surface area contributed by atoms with Gasteiger partial charge in [-0.3, -0.25) is 14.2 Å². The van der Waals surface area contributed by atoms with Crippen LogP contribution in [0.25, 0.3) is 0 Å². The number of amides is 1. The summed E-state index contributed by atoms with van der Waals surface area (Å²) in [6.45, 7) is 5.82. The highest BCUT2D eigenvalue weighted by Crippen LogP contribution is 2.15. The van der Waals surface area contributed by atoms with Gasteiger partial charge in [-0.25, -0.2) is 0 Å². The molecule has 2 aromatic rings. The maximum atomic E-state index is 11.9. The van der Waals surface area contributed by atoms with Crippen LogP contribution in [0.15, 0.2) is 16.9 Å². The van der Waals surface area contributed by atoms with Gasteiger partial charge in [-0.05, 0) is 52.4 Å². The lowest BCUT2D eigenvalue weighted by atomic mass is 10.3. The molecule has 2 heterocycles. The Morgan fingerprint density at radius 2 is 2.29 bits per heavy atom. The van der Waals surface area contributed by atoms with Crippen LogP contribution >= 0.6 is 38.5 Å². The molecule has 0 bridgehead atoms. The van der Waals surface area contributed by atoms with Gasteiger partial charge in [0.25, 0.3) is 0 Å². The molecule has 0 saturated carbocycles. The van der Waals surface area contributed by atoms with Crippen molar-refractivity contribution in [3.63, 3.8) is 0 Å². The second-order valence-electron chi connectivity index (χ2n) is 4.61. The minimum atomic E-state index is 0.00825. The number of carbonyl (C=O) groups is 1. The first-order valence-electron chi connectivity index (χ1n) is 6.67. The summed E-state index contributed by atoms with van der Waals surface area (Å²) in [4.78, 5) is 11.9. The van der Waals surface area contributed by atoms with Crippen LogP contribution in [0.2, 0.25) is 0 Å². The van der Waals surface area contributed by atoms with E-state index in [-0.39, 0.29) is 5.91 Å². The summed E-state index contributed by atoms with van der Waals surface area (Å²) in [6, 6.07) is 0. The van der Waals surface area contributed by atoms with E-state index < -0.39 is 0 Å². The SMILES string of the molecule is CCn1ncc(Br)c1CNC(=O)CCn1cc(I)c(C)n1. The van der Waals surface area contributed by atoms with Crippen molar-refractivity contribution in [2.45, 2.75) is 39.9 Å². The van der Waals surface area contributed by atoms with Crippen LogP contribution in [0.5, 0.6) is 0 Å². The second-order valence-corrected chi connectivity index (χ2v) is 6.62. The molecule has 2 aromatic heterocycles. The van der Waals surface area contributed by atoms with Crippen molar-refractivity contribution in [1.82, 2.24) is 24.9 Å². The summed E-state index contributed by atoms with van der Waals surface area (Å²) in [6.07, 6.45) is 4.11. The van der Waals surface area contributed by atoms with E-state index >= 15 is 0 Å². The summed E-state index contributed by atoms with van der Waals surface area (Å²) >= 11 is 5.68. The zero-order valence-corrected chi connectivity index (χ0v) is 15.7. The van der Waals surface area contributed by atoms with E-state index in [1.807, 2.05) is 29.4 Å². The largest absolute Gasteiger partial charge is 0.350 e. The van der Waals surface area contributed by atoms with E-state index in [2.05, 4.69) is 54.0 Å². The lowest BCUT2D eigenvalue weighted by Crippen LogP contribution is -2.25. The van der Waals surface area contributed by atoms with Crippen molar-refractivity contribution in [1.29, 1.82) is 0 Å². The average Bonchev–Trinajstić information content (AvgIpc) is 2.97. The van der Waals surface area contributed by atoms with E-state index in [4.69, 9.17) is 0 Å². The number of aryl methyl sites for hydroxylation is 3. The molecule has 0 atom stereocenters. The van der Waals surface area contributed by atoms with Crippen LogP contribution in [-0.2, 0) is 24.4 Å². The summed E-state index contributed by atoms with van der Waals surface area (Å²) in [5, 5.41) is 11.5. The Hall–Kier alpha value is -0.900. The molecular weight excluding hydrogens is 449 g/mol. The van der Waals surface area contributed by atoms with E-state index in [1.165, 1.54) is 0 Å². The number of carbonyl (C=O) groups excluding carboxylic acids is 1. The summed E-state index contributed by atoms with van der Waals surface area (Å²) in [7, 11) is 0. The second kappa shape index (κ2) is 7.39. The monoisotopic (exact) mass is 465 g/mol. The first-order valence-corrected chi connectivity index (χ1v) is 8.55. The van der Waals surface area contributed by atoms with Crippen molar-refractivity contribution in [2.75, 3.05) is 0 Å². The topological polar surface area (TPSA) is 64.7 Å². The summed E-state index contributed by atoms with van der Waals surface area (Å²) < 4.78 is 5.71. The van der Waals surface area contributed by atoms with Gasteiger partial charge in [0.05, 0.1) is 32.2 Å². The molecule has 0 aliphatic rings. The first kappa shape index (κ1) is 16.5.